The zero-order valence-electron chi connectivity index (χ0n) is 8.79. The minimum Gasteiger partial charge on any atom is -0.374 e. The van der Waals surface area contributed by atoms with Gasteiger partial charge in [-0.3, -0.25) is 4.79 Å². The number of carbonyl (C=O) groups is 1. The Morgan fingerprint density at radius 1 is 1.33 bits per heavy atom. The third-order valence-electron chi connectivity index (χ3n) is 1.82. The van der Waals surface area contributed by atoms with Gasteiger partial charge in [-0.1, -0.05) is 11.6 Å². The van der Waals surface area contributed by atoms with E-state index in [-0.39, 0.29) is 11.8 Å². The van der Waals surface area contributed by atoms with Crippen LogP contribution in [0.25, 0.3) is 0 Å². The fourth-order valence-electron chi connectivity index (χ4n) is 1.09. The smallest absolute Gasteiger partial charge is 0.374 e. The Hall–Kier alpha value is -1.28. The highest BCUT2D eigenvalue weighted by atomic mass is 35.5. The molecule has 0 bridgehead atoms. The number of aldehydes is 1. The van der Waals surface area contributed by atoms with E-state index in [0.717, 1.165) is 6.07 Å². The lowest BCUT2D eigenvalue weighted by Crippen LogP contribution is -2.28. The van der Waals surface area contributed by atoms with Gasteiger partial charge in [-0.15, -0.1) is 0 Å². The van der Waals surface area contributed by atoms with Crippen molar-refractivity contribution in [2.24, 2.45) is 0 Å². The molecule has 0 radical (unpaired) electrons. The van der Waals surface area contributed by atoms with Crippen LogP contribution in [0.15, 0.2) is 12.1 Å². The van der Waals surface area contributed by atoms with Gasteiger partial charge >= 0.3 is 15.6 Å². The molecule has 0 spiro atoms. The molecule has 0 atom stereocenters. The number of hydrogen-bond acceptors (Lipinski definition) is 4. The highest BCUT2D eigenvalue weighted by molar-refractivity contribution is 7.88. The predicted molar refractivity (Wildman–Crippen MR) is 57.2 cm³/mol. The van der Waals surface area contributed by atoms with Gasteiger partial charge in [0.25, 0.3) is 0 Å². The third kappa shape index (κ3) is 2.94. The summed E-state index contributed by atoms with van der Waals surface area (Å²) in [6.07, 6.45) is 0.153. The van der Waals surface area contributed by atoms with E-state index in [1.165, 1.54) is 13.0 Å². The van der Waals surface area contributed by atoms with Gasteiger partial charge in [-0.2, -0.15) is 21.6 Å². The van der Waals surface area contributed by atoms with E-state index in [0.29, 0.717) is 5.56 Å². The van der Waals surface area contributed by atoms with E-state index in [1.54, 1.807) is 0 Å². The molecule has 0 aliphatic heterocycles. The maximum absolute atomic E-state index is 12.1. The van der Waals surface area contributed by atoms with Crippen molar-refractivity contribution in [2.75, 3.05) is 0 Å². The van der Waals surface area contributed by atoms with E-state index in [4.69, 9.17) is 11.6 Å². The summed E-state index contributed by atoms with van der Waals surface area (Å²) in [5.74, 6) is -0.838. The first-order chi connectivity index (χ1) is 8.08. The Labute approximate surface area is 105 Å². The van der Waals surface area contributed by atoms with Gasteiger partial charge in [0.1, 0.15) is 0 Å². The molecule has 0 N–H and O–H groups in total. The van der Waals surface area contributed by atoms with Crippen LogP contribution in [0.3, 0.4) is 0 Å². The van der Waals surface area contributed by atoms with Crippen LogP contribution in [-0.4, -0.2) is 20.2 Å². The van der Waals surface area contributed by atoms with E-state index in [2.05, 4.69) is 4.18 Å². The molecule has 0 heterocycles. The van der Waals surface area contributed by atoms with Gasteiger partial charge in [-0.05, 0) is 24.6 Å². The van der Waals surface area contributed by atoms with Crippen molar-refractivity contribution >= 4 is 28.0 Å². The predicted octanol–water partition coefficient (Wildman–Crippen LogP) is 2.69. The summed E-state index contributed by atoms with van der Waals surface area (Å²) in [5.41, 5.74) is -5.51. The zero-order valence-corrected chi connectivity index (χ0v) is 10.4. The monoisotopic (exact) mass is 302 g/mol. The van der Waals surface area contributed by atoms with Crippen molar-refractivity contribution in [3.8, 4) is 5.75 Å². The Kier molecular flexibility index (Phi) is 3.92. The average molecular weight is 303 g/mol. The lowest BCUT2D eigenvalue weighted by Gasteiger charge is -2.12. The molecule has 0 aromatic heterocycles. The molecular formula is C9H6ClF3O4S. The molecule has 100 valence electrons. The topological polar surface area (TPSA) is 60.4 Å². The van der Waals surface area contributed by atoms with Crippen LogP contribution >= 0.6 is 11.6 Å². The van der Waals surface area contributed by atoms with Crippen LogP contribution in [0.5, 0.6) is 5.75 Å². The fourth-order valence-corrected chi connectivity index (χ4v) is 1.95. The number of hydrogen-bond donors (Lipinski definition) is 0. The number of alkyl halides is 3. The minimum atomic E-state index is -5.86. The van der Waals surface area contributed by atoms with E-state index >= 15 is 0 Å². The fraction of sp³-hybridized carbons (Fsp3) is 0.222. The summed E-state index contributed by atoms with van der Waals surface area (Å²) in [4.78, 5) is 10.7. The van der Waals surface area contributed by atoms with Gasteiger partial charge in [0.05, 0.1) is 10.6 Å². The van der Waals surface area contributed by atoms with Crippen molar-refractivity contribution < 1.29 is 30.6 Å². The highest BCUT2D eigenvalue weighted by Crippen LogP contribution is 2.34. The number of rotatable bonds is 3. The van der Waals surface area contributed by atoms with Crippen LogP contribution in [0.4, 0.5) is 13.2 Å². The molecule has 0 amide bonds. The Bertz CT molecular complexity index is 580. The second-order valence-electron chi connectivity index (χ2n) is 3.27. The maximum Gasteiger partial charge on any atom is 0.534 e. The molecule has 0 aliphatic carbocycles. The molecule has 0 saturated carbocycles. The van der Waals surface area contributed by atoms with Crippen LogP contribution in [-0.2, 0) is 10.1 Å². The van der Waals surface area contributed by atoms with Gasteiger partial charge in [-0.25, -0.2) is 0 Å². The third-order valence-corrected chi connectivity index (χ3v) is 3.05. The summed E-state index contributed by atoms with van der Waals surface area (Å²) in [6, 6.07) is 2.33. The number of aryl methyl sites for hydroxylation is 1. The Morgan fingerprint density at radius 2 is 1.89 bits per heavy atom. The van der Waals surface area contributed by atoms with Crippen molar-refractivity contribution in [1.29, 1.82) is 0 Å². The zero-order chi connectivity index (χ0) is 14.1. The van der Waals surface area contributed by atoms with Crippen molar-refractivity contribution in [3.05, 3.63) is 28.3 Å². The molecule has 18 heavy (non-hydrogen) atoms. The van der Waals surface area contributed by atoms with Crippen LogP contribution < -0.4 is 4.18 Å². The van der Waals surface area contributed by atoms with Gasteiger partial charge in [0, 0.05) is 0 Å². The van der Waals surface area contributed by atoms with Crippen molar-refractivity contribution in [3.63, 3.8) is 0 Å². The standard InChI is InChI=1S/C9H6ClF3O4S/c1-5-2-6(4-14)8(7(10)3-5)17-18(15,16)9(11,12)13/h2-4H,1H3. The summed E-state index contributed by atoms with van der Waals surface area (Å²) in [7, 11) is -5.86. The lowest BCUT2D eigenvalue weighted by atomic mass is 10.1. The van der Waals surface area contributed by atoms with Crippen molar-refractivity contribution in [1.82, 2.24) is 0 Å². The largest absolute Gasteiger partial charge is 0.534 e. The number of carbonyl (C=O) groups excluding carboxylic acids is 1. The van der Waals surface area contributed by atoms with Gasteiger partial charge in [0.15, 0.2) is 12.0 Å². The Morgan fingerprint density at radius 3 is 2.33 bits per heavy atom. The first kappa shape index (κ1) is 14.8. The van der Waals surface area contributed by atoms with Gasteiger partial charge < -0.3 is 4.18 Å². The normalized spacial score (nSPS) is 12.3. The summed E-state index contributed by atoms with van der Waals surface area (Å²) in [6.45, 7) is 1.53. The van der Waals surface area contributed by atoms with Crippen molar-refractivity contribution in [2.45, 2.75) is 12.4 Å². The lowest BCUT2D eigenvalue weighted by molar-refractivity contribution is -0.0500. The van der Waals surface area contributed by atoms with Crippen LogP contribution in [0, 0.1) is 6.92 Å². The molecule has 1 aromatic carbocycles. The second-order valence-corrected chi connectivity index (χ2v) is 5.21. The average Bonchev–Trinajstić information content (AvgIpc) is 2.19. The summed E-state index contributed by atoms with van der Waals surface area (Å²) < 4.78 is 61.8. The molecule has 0 unspecified atom stereocenters. The van der Waals surface area contributed by atoms with Gasteiger partial charge in [0.2, 0.25) is 0 Å². The minimum absolute atomic E-state index is 0.153. The Balaban J connectivity index is 3.33. The summed E-state index contributed by atoms with van der Waals surface area (Å²) in [5, 5.41) is -0.398. The molecule has 9 heteroatoms. The van der Waals surface area contributed by atoms with E-state index in [1.807, 2.05) is 0 Å². The maximum atomic E-state index is 12.1. The quantitative estimate of drug-likeness (QED) is 0.489. The number of benzene rings is 1. The molecular weight excluding hydrogens is 297 g/mol. The number of halogens is 4. The molecule has 0 aliphatic rings. The first-order valence-corrected chi connectivity index (χ1v) is 6.13. The van der Waals surface area contributed by atoms with Crippen LogP contribution in [0.2, 0.25) is 5.02 Å². The molecule has 1 aromatic rings. The SMILES string of the molecule is Cc1cc(Cl)c(OS(=O)(=O)C(F)(F)F)c(C=O)c1. The molecule has 0 fully saturated rings. The van der Waals surface area contributed by atoms with E-state index in [9.17, 15) is 26.4 Å². The molecule has 4 nitrogen and oxygen atoms in total. The van der Waals surface area contributed by atoms with Crippen LogP contribution in [0.1, 0.15) is 15.9 Å². The first-order valence-electron chi connectivity index (χ1n) is 4.34. The molecule has 1 rings (SSSR count). The van der Waals surface area contributed by atoms with E-state index < -0.39 is 26.4 Å². The second kappa shape index (κ2) is 4.77. The summed E-state index contributed by atoms with van der Waals surface area (Å²) >= 11 is 5.55. The highest BCUT2D eigenvalue weighted by Gasteiger charge is 2.49. The molecule has 0 saturated heterocycles.